The fourth-order valence-electron chi connectivity index (χ4n) is 1.13. The third kappa shape index (κ3) is 2.30. The highest BCUT2D eigenvalue weighted by atomic mass is 32.2. The Balaban J connectivity index is 2.06. The number of rotatable bonds is 3. The van der Waals surface area contributed by atoms with E-state index < -0.39 is 0 Å². The van der Waals surface area contributed by atoms with Crippen molar-refractivity contribution in [2.45, 2.75) is 17.7 Å². The summed E-state index contributed by atoms with van der Waals surface area (Å²) >= 11 is 1.56. The number of nitrogens with zero attached hydrogens (tertiary/aromatic N) is 2. The van der Waals surface area contributed by atoms with E-state index in [1.54, 1.807) is 18.0 Å². The molecule has 15 heavy (non-hydrogen) atoms. The highest BCUT2D eigenvalue weighted by Crippen LogP contribution is 2.25. The Bertz CT molecular complexity index is 455. The number of hydrogen-bond acceptors (Lipinski definition) is 5. The molecule has 0 aliphatic heterocycles. The summed E-state index contributed by atoms with van der Waals surface area (Å²) in [6.45, 7) is 1.89. The standard InChI is InChI=1S/C10H11N3OS/c1-7-9(13-6-14-7)5-15-10-8(11)3-2-4-12-10/h2-4,6H,5,11H2,1H3. The molecular formula is C10H11N3OS. The number of thioether (sulfide) groups is 1. The molecule has 0 aliphatic carbocycles. The Morgan fingerprint density at radius 3 is 3.00 bits per heavy atom. The van der Waals surface area contributed by atoms with Gasteiger partial charge in [-0.2, -0.15) is 0 Å². The van der Waals surface area contributed by atoms with Crippen LogP contribution in [0.1, 0.15) is 11.5 Å². The first kappa shape index (κ1) is 10.0. The van der Waals surface area contributed by atoms with Crippen LogP contribution in [0.4, 0.5) is 5.69 Å². The summed E-state index contributed by atoms with van der Waals surface area (Å²) < 4.78 is 5.11. The summed E-state index contributed by atoms with van der Waals surface area (Å²) in [5.41, 5.74) is 7.40. The van der Waals surface area contributed by atoms with Crippen LogP contribution in [0.3, 0.4) is 0 Å². The Labute approximate surface area is 91.9 Å². The van der Waals surface area contributed by atoms with Crippen LogP contribution in [0.25, 0.3) is 0 Å². The largest absolute Gasteiger partial charge is 0.448 e. The summed E-state index contributed by atoms with van der Waals surface area (Å²) in [5, 5.41) is 0.833. The summed E-state index contributed by atoms with van der Waals surface area (Å²) in [5.74, 6) is 1.57. The van der Waals surface area contributed by atoms with Gasteiger partial charge in [0, 0.05) is 11.9 Å². The van der Waals surface area contributed by atoms with Gasteiger partial charge in [-0.3, -0.25) is 0 Å². The van der Waals surface area contributed by atoms with E-state index in [1.807, 2.05) is 19.1 Å². The number of nitrogens with two attached hydrogens (primary N) is 1. The summed E-state index contributed by atoms with van der Waals surface area (Å²) in [7, 11) is 0. The zero-order valence-electron chi connectivity index (χ0n) is 8.30. The highest BCUT2D eigenvalue weighted by molar-refractivity contribution is 7.98. The summed E-state index contributed by atoms with van der Waals surface area (Å²) in [6.07, 6.45) is 3.18. The molecule has 2 rings (SSSR count). The quantitative estimate of drug-likeness (QED) is 0.805. The lowest BCUT2D eigenvalue weighted by Gasteiger charge is -2.01. The van der Waals surface area contributed by atoms with E-state index in [4.69, 9.17) is 10.2 Å². The molecule has 0 amide bonds. The normalized spacial score (nSPS) is 10.5. The van der Waals surface area contributed by atoms with Crippen LogP contribution in [-0.4, -0.2) is 9.97 Å². The fraction of sp³-hybridized carbons (Fsp3) is 0.200. The van der Waals surface area contributed by atoms with Gasteiger partial charge in [0.2, 0.25) is 0 Å². The molecule has 0 radical (unpaired) electrons. The second-order valence-electron chi connectivity index (χ2n) is 3.04. The van der Waals surface area contributed by atoms with Gasteiger partial charge in [-0.15, -0.1) is 0 Å². The maximum atomic E-state index is 5.77. The zero-order chi connectivity index (χ0) is 10.7. The van der Waals surface area contributed by atoms with E-state index in [0.29, 0.717) is 5.69 Å². The minimum Gasteiger partial charge on any atom is -0.448 e. The third-order valence-corrected chi connectivity index (χ3v) is 3.02. The second-order valence-corrected chi connectivity index (χ2v) is 4.01. The minimum atomic E-state index is 0.698. The molecule has 0 aliphatic rings. The molecule has 78 valence electrons. The molecule has 2 aromatic rings. The lowest BCUT2D eigenvalue weighted by molar-refractivity contribution is 0.525. The molecule has 2 heterocycles. The van der Waals surface area contributed by atoms with E-state index in [0.717, 1.165) is 22.2 Å². The Hall–Kier alpha value is -1.49. The van der Waals surface area contributed by atoms with Gasteiger partial charge in [0.15, 0.2) is 6.39 Å². The second kappa shape index (κ2) is 4.35. The van der Waals surface area contributed by atoms with Crippen molar-refractivity contribution in [3.05, 3.63) is 36.2 Å². The van der Waals surface area contributed by atoms with Crippen molar-refractivity contribution in [1.29, 1.82) is 0 Å². The van der Waals surface area contributed by atoms with Gasteiger partial charge < -0.3 is 10.2 Å². The summed E-state index contributed by atoms with van der Waals surface area (Å²) in [4.78, 5) is 8.29. The molecule has 0 atom stereocenters. The monoisotopic (exact) mass is 221 g/mol. The SMILES string of the molecule is Cc1ocnc1CSc1ncccc1N. The van der Waals surface area contributed by atoms with Gasteiger partial charge in [0.1, 0.15) is 10.8 Å². The van der Waals surface area contributed by atoms with Gasteiger partial charge in [0.25, 0.3) is 0 Å². The molecule has 0 fully saturated rings. The predicted octanol–water partition coefficient (Wildman–Crippen LogP) is 2.25. The zero-order valence-corrected chi connectivity index (χ0v) is 9.12. The van der Waals surface area contributed by atoms with Gasteiger partial charge in [-0.1, -0.05) is 11.8 Å². The van der Waals surface area contributed by atoms with E-state index >= 15 is 0 Å². The van der Waals surface area contributed by atoms with Crippen molar-refractivity contribution in [1.82, 2.24) is 9.97 Å². The minimum absolute atomic E-state index is 0.698. The molecule has 0 aromatic carbocycles. The topological polar surface area (TPSA) is 64.9 Å². The van der Waals surface area contributed by atoms with Crippen molar-refractivity contribution in [3.63, 3.8) is 0 Å². The van der Waals surface area contributed by atoms with Crippen molar-refractivity contribution < 1.29 is 4.42 Å². The Morgan fingerprint density at radius 1 is 1.47 bits per heavy atom. The molecule has 0 saturated heterocycles. The molecule has 4 nitrogen and oxygen atoms in total. The number of aryl methyl sites for hydroxylation is 1. The number of anilines is 1. The molecule has 2 aromatic heterocycles. The molecular weight excluding hydrogens is 210 g/mol. The first-order valence-corrected chi connectivity index (χ1v) is 5.48. The number of nitrogen functional groups attached to an aromatic ring is 1. The molecule has 0 unspecified atom stereocenters. The van der Waals surface area contributed by atoms with Crippen LogP contribution < -0.4 is 5.73 Å². The van der Waals surface area contributed by atoms with E-state index in [1.165, 1.54) is 6.39 Å². The molecule has 0 saturated carbocycles. The van der Waals surface area contributed by atoms with Crippen LogP contribution in [0, 0.1) is 6.92 Å². The van der Waals surface area contributed by atoms with Crippen molar-refractivity contribution in [3.8, 4) is 0 Å². The van der Waals surface area contributed by atoms with Crippen LogP contribution in [-0.2, 0) is 5.75 Å². The average molecular weight is 221 g/mol. The number of aromatic nitrogens is 2. The first-order valence-electron chi connectivity index (χ1n) is 4.49. The van der Waals surface area contributed by atoms with E-state index in [-0.39, 0.29) is 0 Å². The average Bonchev–Trinajstić information content (AvgIpc) is 2.63. The maximum Gasteiger partial charge on any atom is 0.181 e. The smallest absolute Gasteiger partial charge is 0.181 e. The molecule has 0 bridgehead atoms. The van der Waals surface area contributed by atoms with Crippen molar-refractivity contribution >= 4 is 17.4 Å². The number of oxazole rings is 1. The summed E-state index contributed by atoms with van der Waals surface area (Å²) in [6, 6.07) is 3.66. The molecule has 0 spiro atoms. The Morgan fingerprint density at radius 2 is 2.33 bits per heavy atom. The van der Waals surface area contributed by atoms with Crippen molar-refractivity contribution in [2.24, 2.45) is 0 Å². The van der Waals surface area contributed by atoms with Gasteiger partial charge in [-0.25, -0.2) is 9.97 Å². The predicted molar refractivity (Wildman–Crippen MR) is 59.5 cm³/mol. The van der Waals surface area contributed by atoms with Crippen LogP contribution in [0.15, 0.2) is 34.2 Å². The molecule has 2 N–H and O–H groups in total. The van der Waals surface area contributed by atoms with Gasteiger partial charge in [0.05, 0.1) is 11.4 Å². The Kier molecular flexibility index (Phi) is 2.91. The van der Waals surface area contributed by atoms with Crippen LogP contribution >= 0.6 is 11.8 Å². The lowest BCUT2D eigenvalue weighted by Crippen LogP contribution is -1.92. The van der Waals surface area contributed by atoms with Crippen LogP contribution in [0.2, 0.25) is 0 Å². The number of pyridine rings is 1. The fourth-order valence-corrected chi connectivity index (χ4v) is 2.05. The third-order valence-electron chi connectivity index (χ3n) is 1.99. The van der Waals surface area contributed by atoms with Crippen LogP contribution in [0.5, 0.6) is 0 Å². The maximum absolute atomic E-state index is 5.77. The van der Waals surface area contributed by atoms with Crippen molar-refractivity contribution in [2.75, 3.05) is 5.73 Å². The van der Waals surface area contributed by atoms with E-state index in [9.17, 15) is 0 Å². The molecule has 5 heteroatoms. The van der Waals surface area contributed by atoms with E-state index in [2.05, 4.69) is 9.97 Å². The highest BCUT2D eigenvalue weighted by Gasteiger charge is 2.06. The number of hydrogen-bond donors (Lipinski definition) is 1. The lowest BCUT2D eigenvalue weighted by atomic mass is 10.4. The van der Waals surface area contributed by atoms with Gasteiger partial charge >= 0.3 is 0 Å². The van der Waals surface area contributed by atoms with Gasteiger partial charge in [-0.05, 0) is 19.1 Å². The first-order chi connectivity index (χ1) is 7.27.